The molecule has 0 bridgehead atoms. The summed E-state index contributed by atoms with van der Waals surface area (Å²) in [6.45, 7) is 5.82. The number of carbonyl (C=O) groups is 1. The molecule has 2 aromatic carbocycles. The van der Waals surface area contributed by atoms with Crippen molar-refractivity contribution in [2.45, 2.75) is 52.1 Å². The number of anilines is 1. The van der Waals surface area contributed by atoms with Gasteiger partial charge in [0.25, 0.3) is 5.91 Å². The first kappa shape index (κ1) is 25.4. The highest BCUT2D eigenvalue weighted by Crippen LogP contribution is 2.30. The van der Waals surface area contributed by atoms with Gasteiger partial charge < -0.3 is 34.5 Å². The van der Waals surface area contributed by atoms with Gasteiger partial charge in [0.2, 0.25) is 6.29 Å². The zero-order chi connectivity index (χ0) is 26.0. The zero-order valence-electron chi connectivity index (χ0n) is 20.3. The van der Waals surface area contributed by atoms with Crippen molar-refractivity contribution in [2.24, 2.45) is 0 Å². The molecule has 0 radical (unpaired) electrons. The van der Waals surface area contributed by atoms with Gasteiger partial charge in [0.1, 0.15) is 28.9 Å². The van der Waals surface area contributed by atoms with Crippen molar-refractivity contribution in [1.82, 2.24) is 0 Å². The van der Waals surface area contributed by atoms with Crippen LogP contribution in [0.5, 0.6) is 11.5 Å². The highest BCUT2D eigenvalue weighted by Gasteiger charge is 2.33. The van der Waals surface area contributed by atoms with Crippen LogP contribution in [0.2, 0.25) is 0 Å². The third-order valence-electron chi connectivity index (χ3n) is 6.03. The number of ether oxygens (including phenoxy) is 2. The molecule has 0 unspecified atom stereocenters. The fourth-order valence-corrected chi connectivity index (χ4v) is 3.90. The Balaban J connectivity index is 1.57. The van der Waals surface area contributed by atoms with Crippen molar-refractivity contribution in [3.8, 4) is 11.5 Å². The van der Waals surface area contributed by atoms with E-state index in [9.17, 15) is 24.9 Å². The van der Waals surface area contributed by atoms with E-state index in [0.29, 0.717) is 35.1 Å². The SMILES string of the molecule is CC(C)=CCc1cc(C(=O)Nc2cc3ccc(O[C@@H]4OCC[C@H](O)[C@@H]4O)c(C)c3oc2=O)ccc1O. The maximum absolute atomic E-state index is 12.8. The average molecular weight is 496 g/mol. The number of phenolic OH excluding ortho intramolecular Hbond substituents is 1. The number of fused-ring (bicyclic) bond motifs is 1. The molecule has 1 saturated heterocycles. The number of aliphatic hydroxyl groups excluding tert-OH is 2. The van der Waals surface area contributed by atoms with E-state index < -0.39 is 30.0 Å². The number of phenols is 1. The molecule has 1 aromatic heterocycles. The van der Waals surface area contributed by atoms with Crippen molar-refractivity contribution in [2.75, 3.05) is 11.9 Å². The molecule has 1 aliphatic rings. The number of hydrogen-bond acceptors (Lipinski definition) is 8. The maximum atomic E-state index is 12.8. The van der Waals surface area contributed by atoms with Gasteiger partial charge in [-0.3, -0.25) is 4.79 Å². The largest absolute Gasteiger partial charge is 0.508 e. The third kappa shape index (κ3) is 5.43. The van der Waals surface area contributed by atoms with E-state index in [1.54, 1.807) is 25.1 Å². The van der Waals surface area contributed by atoms with Crippen LogP contribution in [0.15, 0.2) is 57.3 Å². The number of aryl methyl sites for hydroxylation is 1. The van der Waals surface area contributed by atoms with E-state index in [0.717, 1.165) is 5.57 Å². The van der Waals surface area contributed by atoms with E-state index in [1.807, 2.05) is 19.9 Å². The summed E-state index contributed by atoms with van der Waals surface area (Å²) in [7, 11) is 0. The number of carbonyl (C=O) groups excluding carboxylic acids is 1. The molecule has 9 nitrogen and oxygen atoms in total. The van der Waals surface area contributed by atoms with Crippen LogP contribution in [0.25, 0.3) is 11.0 Å². The molecule has 2 heterocycles. The predicted octanol–water partition coefficient (Wildman–Crippen LogP) is 3.42. The highest BCUT2D eigenvalue weighted by molar-refractivity contribution is 6.05. The van der Waals surface area contributed by atoms with Gasteiger partial charge >= 0.3 is 5.63 Å². The van der Waals surface area contributed by atoms with Crippen LogP contribution in [-0.2, 0) is 11.2 Å². The van der Waals surface area contributed by atoms with Gasteiger partial charge in [-0.05, 0) is 75.6 Å². The van der Waals surface area contributed by atoms with Crippen LogP contribution in [0, 0.1) is 6.92 Å². The smallest absolute Gasteiger partial charge is 0.360 e. The van der Waals surface area contributed by atoms with Crippen LogP contribution < -0.4 is 15.7 Å². The van der Waals surface area contributed by atoms with E-state index in [4.69, 9.17) is 13.9 Å². The number of allylic oxidation sites excluding steroid dienone is 2. The summed E-state index contributed by atoms with van der Waals surface area (Å²) in [4.78, 5) is 25.5. The monoisotopic (exact) mass is 495 g/mol. The van der Waals surface area contributed by atoms with Crippen LogP contribution in [0.4, 0.5) is 5.69 Å². The number of benzene rings is 2. The summed E-state index contributed by atoms with van der Waals surface area (Å²) in [5, 5.41) is 33.2. The molecule has 1 amide bonds. The molecule has 0 saturated carbocycles. The summed E-state index contributed by atoms with van der Waals surface area (Å²) in [5.74, 6) is -0.101. The van der Waals surface area contributed by atoms with E-state index in [-0.39, 0.29) is 29.2 Å². The van der Waals surface area contributed by atoms with Crippen molar-refractivity contribution < 1.29 is 34.0 Å². The lowest BCUT2D eigenvalue weighted by molar-refractivity contribution is -0.207. The Morgan fingerprint density at radius 3 is 2.72 bits per heavy atom. The van der Waals surface area contributed by atoms with Gasteiger partial charge in [0.05, 0.1) is 12.7 Å². The second-order valence-electron chi connectivity index (χ2n) is 9.04. The van der Waals surface area contributed by atoms with Gasteiger partial charge in [-0.25, -0.2) is 4.79 Å². The first-order chi connectivity index (χ1) is 17.1. The normalized spacial score (nSPS) is 19.6. The van der Waals surface area contributed by atoms with Crippen LogP contribution in [0.3, 0.4) is 0 Å². The Labute approximate surface area is 207 Å². The molecular formula is C27H29NO8. The Hall–Kier alpha value is -3.66. The Kier molecular flexibility index (Phi) is 7.44. The minimum atomic E-state index is -1.21. The van der Waals surface area contributed by atoms with Crippen molar-refractivity contribution in [1.29, 1.82) is 0 Å². The molecule has 36 heavy (non-hydrogen) atoms. The number of aliphatic hydroxyl groups is 2. The van der Waals surface area contributed by atoms with Gasteiger partial charge in [-0.2, -0.15) is 0 Å². The lowest BCUT2D eigenvalue weighted by Crippen LogP contribution is -2.47. The first-order valence-corrected chi connectivity index (χ1v) is 11.6. The summed E-state index contributed by atoms with van der Waals surface area (Å²) >= 11 is 0. The van der Waals surface area contributed by atoms with Gasteiger partial charge in [-0.15, -0.1) is 0 Å². The molecule has 4 N–H and O–H groups in total. The summed E-state index contributed by atoms with van der Waals surface area (Å²) in [6, 6.07) is 9.31. The quantitative estimate of drug-likeness (QED) is 0.301. The number of hydrogen-bond donors (Lipinski definition) is 4. The van der Waals surface area contributed by atoms with Crippen LogP contribution in [0.1, 0.15) is 41.8 Å². The highest BCUT2D eigenvalue weighted by atomic mass is 16.7. The zero-order valence-corrected chi connectivity index (χ0v) is 20.3. The van der Waals surface area contributed by atoms with E-state index in [1.165, 1.54) is 18.2 Å². The number of amides is 1. The molecular weight excluding hydrogens is 466 g/mol. The van der Waals surface area contributed by atoms with Gasteiger partial charge in [0, 0.05) is 16.5 Å². The lowest BCUT2D eigenvalue weighted by atomic mass is 10.0. The number of nitrogens with one attached hydrogen (secondary N) is 1. The summed E-state index contributed by atoms with van der Waals surface area (Å²) in [5.41, 5.74) is 1.95. The minimum absolute atomic E-state index is 0.0337. The van der Waals surface area contributed by atoms with Crippen molar-refractivity contribution in [3.05, 3.63) is 75.2 Å². The lowest BCUT2D eigenvalue weighted by Gasteiger charge is -2.32. The Bertz CT molecular complexity index is 1370. The second-order valence-corrected chi connectivity index (χ2v) is 9.04. The summed E-state index contributed by atoms with van der Waals surface area (Å²) < 4.78 is 16.6. The van der Waals surface area contributed by atoms with Crippen molar-refractivity contribution >= 4 is 22.6 Å². The van der Waals surface area contributed by atoms with Crippen molar-refractivity contribution in [3.63, 3.8) is 0 Å². The molecule has 1 aliphatic heterocycles. The molecule has 1 fully saturated rings. The molecule has 3 atom stereocenters. The topological polar surface area (TPSA) is 138 Å². The summed E-state index contributed by atoms with van der Waals surface area (Å²) in [6.07, 6.45) is -0.493. The van der Waals surface area contributed by atoms with E-state index >= 15 is 0 Å². The van der Waals surface area contributed by atoms with Crippen LogP contribution in [-0.4, -0.2) is 46.3 Å². The molecule has 0 spiro atoms. The maximum Gasteiger partial charge on any atom is 0.360 e. The third-order valence-corrected chi connectivity index (χ3v) is 6.03. The fraction of sp³-hybridized carbons (Fsp3) is 0.333. The minimum Gasteiger partial charge on any atom is -0.508 e. The second kappa shape index (κ2) is 10.5. The number of aromatic hydroxyl groups is 1. The predicted molar refractivity (Wildman–Crippen MR) is 133 cm³/mol. The molecule has 0 aliphatic carbocycles. The van der Waals surface area contributed by atoms with E-state index in [2.05, 4.69) is 5.32 Å². The first-order valence-electron chi connectivity index (χ1n) is 11.6. The molecule has 190 valence electrons. The Morgan fingerprint density at radius 2 is 1.97 bits per heavy atom. The number of rotatable bonds is 6. The average Bonchev–Trinajstić information content (AvgIpc) is 2.84. The van der Waals surface area contributed by atoms with Crippen LogP contribution >= 0.6 is 0 Å². The van der Waals surface area contributed by atoms with Gasteiger partial charge in [-0.1, -0.05) is 11.6 Å². The van der Waals surface area contributed by atoms with Gasteiger partial charge in [0.15, 0.2) is 0 Å². The molecule has 9 heteroatoms. The fourth-order valence-electron chi connectivity index (χ4n) is 3.90. The molecule has 4 rings (SSSR count). The Morgan fingerprint density at radius 1 is 1.19 bits per heavy atom. The standard InChI is InChI=1S/C27H29NO8/c1-14(2)4-5-16-12-18(6-8-20(16)29)25(32)28-19-13-17-7-9-22(15(3)24(17)36-26(19)33)35-27-23(31)21(30)10-11-34-27/h4,6-9,12-13,21,23,27,29-31H,5,10-11H2,1-3H3,(H,28,32)/t21-,23-,27-/m0/s1. The molecule has 3 aromatic rings.